The number of aromatic amines is 1. The Labute approximate surface area is 112 Å². The van der Waals surface area contributed by atoms with Gasteiger partial charge in [0.05, 0.1) is 7.11 Å². The van der Waals surface area contributed by atoms with Gasteiger partial charge >= 0.3 is 5.97 Å². The first-order valence-corrected chi connectivity index (χ1v) is 6.20. The number of aromatic nitrogens is 2. The molecule has 0 saturated heterocycles. The van der Waals surface area contributed by atoms with Crippen molar-refractivity contribution in [3.05, 3.63) is 11.8 Å². The first-order valence-electron chi connectivity index (χ1n) is 6.20. The minimum atomic E-state index is -0.279. The Bertz CT molecular complexity index is 428. The van der Waals surface area contributed by atoms with Crippen LogP contribution in [-0.4, -0.2) is 41.8 Å². The smallest absolute Gasteiger partial charge is 0.305 e. The second-order valence-corrected chi connectivity index (χ2v) is 4.40. The maximum absolute atomic E-state index is 11.7. The van der Waals surface area contributed by atoms with E-state index in [4.69, 9.17) is 0 Å². The summed E-state index contributed by atoms with van der Waals surface area (Å²) in [4.78, 5) is 22.6. The average molecular weight is 268 g/mol. The lowest BCUT2D eigenvalue weighted by molar-refractivity contribution is -0.140. The molecular formula is C12H20N4O3. The highest BCUT2D eigenvalue weighted by Crippen LogP contribution is 2.06. The third-order valence-corrected chi connectivity index (χ3v) is 2.33. The molecular weight excluding hydrogens is 248 g/mol. The number of amides is 1. The maximum Gasteiger partial charge on any atom is 0.305 e. The molecule has 7 nitrogen and oxygen atoms in total. The Morgan fingerprint density at radius 1 is 1.47 bits per heavy atom. The van der Waals surface area contributed by atoms with E-state index in [2.05, 4.69) is 25.6 Å². The van der Waals surface area contributed by atoms with E-state index in [0.717, 1.165) is 0 Å². The van der Waals surface area contributed by atoms with Crippen LogP contribution in [0.2, 0.25) is 0 Å². The van der Waals surface area contributed by atoms with Gasteiger partial charge in [0.2, 0.25) is 0 Å². The fourth-order valence-corrected chi connectivity index (χ4v) is 1.44. The van der Waals surface area contributed by atoms with E-state index in [-0.39, 0.29) is 17.9 Å². The van der Waals surface area contributed by atoms with Crippen molar-refractivity contribution >= 4 is 17.7 Å². The molecule has 0 aromatic carbocycles. The Balaban J connectivity index is 2.33. The maximum atomic E-state index is 11.7. The molecule has 0 atom stereocenters. The predicted octanol–water partition coefficient (Wildman–Crippen LogP) is 0.913. The number of H-pyrrole nitrogens is 1. The zero-order valence-corrected chi connectivity index (χ0v) is 11.4. The topological polar surface area (TPSA) is 96.1 Å². The van der Waals surface area contributed by atoms with Gasteiger partial charge in [-0.25, -0.2) is 0 Å². The van der Waals surface area contributed by atoms with E-state index in [1.54, 1.807) is 6.07 Å². The third-order valence-electron chi connectivity index (χ3n) is 2.33. The SMILES string of the molecule is COC(=O)CCCNC(=O)c1cc(NC(C)C)n[nH]1. The first kappa shape index (κ1) is 15.0. The zero-order valence-electron chi connectivity index (χ0n) is 11.4. The number of anilines is 1. The molecule has 106 valence electrons. The number of nitrogens with zero attached hydrogens (tertiary/aromatic N) is 1. The molecule has 1 aromatic rings. The molecule has 0 bridgehead atoms. The van der Waals surface area contributed by atoms with Crippen LogP contribution in [0.5, 0.6) is 0 Å². The molecule has 1 heterocycles. The minimum Gasteiger partial charge on any atom is -0.469 e. The van der Waals surface area contributed by atoms with Gasteiger partial charge < -0.3 is 15.4 Å². The van der Waals surface area contributed by atoms with Crippen molar-refractivity contribution in [3.63, 3.8) is 0 Å². The van der Waals surface area contributed by atoms with Crippen LogP contribution < -0.4 is 10.6 Å². The second kappa shape index (κ2) is 7.40. The molecule has 0 spiro atoms. The molecule has 7 heteroatoms. The van der Waals surface area contributed by atoms with Gasteiger partial charge in [-0.05, 0) is 20.3 Å². The number of carbonyl (C=O) groups is 2. The summed E-state index contributed by atoms with van der Waals surface area (Å²) in [5.41, 5.74) is 0.390. The number of carbonyl (C=O) groups excluding carboxylic acids is 2. The van der Waals surface area contributed by atoms with Crippen LogP contribution in [0, 0.1) is 0 Å². The number of nitrogens with one attached hydrogen (secondary N) is 3. The molecule has 0 aliphatic heterocycles. The molecule has 19 heavy (non-hydrogen) atoms. The first-order chi connectivity index (χ1) is 9.02. The monoisotopic (exact) mass is 268 g/mol. The third kappa shape index (κ3) is 5.41. The molecule has 0 fully saturated rings. The van der Waals surface area contributed by atoms with Gasteiger partial charge in [-0.1, -0.05) is 0 Å². The van der Waals surface area contributed by atoms with Gasteiger partial charge in [0, 0.05) is 25.1 Å². The lowest BCUT2D eigenvalue weighted by atomic mass is 10.3. The summed E-state index contributed by atoms with van der Waals surface area (Å²) in [5, 5.41) is 12.4. The highest BCUT2D eigenvalue weighted by Gasteiger charge is 2.10. The van der Waals surface area contributed by atoms with Crippen LogP contribution in [0.15, 0.2) is 6.07 Å². The Kier molecular flexibility index (Phi) is 5.84. The van der Waals surface area contributed by atoms with E-state index in [1.165, 1.54) is 7.11 Å². The van der Waals surface area contributed by atoms with Gasteiger partial charge in [0.25, 0.3) is 5.91 Å². The van der Waals surface area contributed by atoms with Crippen LogP contribution in [0.4, 0.5) is 5.82 Å². The summed E-state index contributed by atoms with van der Waals surface area (Å²) in [6.45, 7) is 4.39. The molecule has 1 aromatic heterocycles. The Hall–Kier alpha value is -2.05. The van der Waals surface area contributed by atoms with Crippen molar-refractivity contribution in [2.24, 2.45) is 0 Å². The van der Waals surface area contributed by atoms with E-state index in [0.29, 0.717) is 30.9 Å². The van der Waals surface area contributed by atoms with Crippen molar-refractivity contribution < 1.29 is 14.3 Å². The number of rotatable bonds is 7. The van der Waals surface area contributed by atoms with Gasteiger partial charge in [0.15, 0.2) is 0 Å². The number of hydrogen-bond donors (Lipinski definition) is 3. The molecule has 1 rings (SSSR count). The number of ether oxygens (including phenoxy) is 1. The molecule has 0 saturated carbocycles. The van der Waals surface area contributed by atoms with Crippen LogP contribution in [0.3, 0.4) is 0 Å². The summed E-state index contributed by atoms with van der Waals surface area (Å²) in [6, 6.07) is 1.90. The molecule has 0 aliphatic rings. The summed E-state index contributed by atoms with van der Waals surface area (Å²) in [6.07, 6.45) is 0.837. The minimum absolute atomic E-state index is 0.242. The number of esters is 1. The largest absolute Gasteiger partial charge is 0.469 e. The van der Waals surface area contributed by atoms with E-state index in [9.17, 15) is 9.59 Å². The van der Waals surface area contributed by atoms with Crippen LogP contribution >= 0.6 is 0 Å². The highest BCUT2D eigenvalue weighted by molar-refractivity contribution is 5.92. The van der Waals surface area contributed by atoms with E-state index < -0.39 is 0 Å². The zero-order chi connectivity index (χ0) is 14.3. The molecule has 0 aliphatic carbocycles. The normalized spacial score (nSPS) is 10.3. The highest BCUT2D eigenvalue weighted by atomic mass is 16.5. The lowest BCUT2D eigenvalue weighted by Crippen LogP contribution is -2.25. The van der Waals surface area contributed by atoms with Crippen molar-refractivity contribution in [1.29, 1.82) is 0 Å². The number of methoxy groups -OCH3 is 1. The Morgan fingerprint density at radius 2 is 2.21 bits per heavy atom. The fourth-order valence-electron chi connectivity index (χ4n) is 1.44. The van der Waals surface area contributed by atoms with Crippen molar-refractivity contribution in [2.45, 2.75) is 32.7 Å². The quantitative estimate of drug-likeness (QED) is 0.504. The van der Waals surface area contributed by atoms with Crippen LogP contribution in [0.25, 0.3) is 0 Å². The summed E-state index contributed by atoms with van der Waals surface area (Å²) in [5.74, 6) is 0.114. The second-order valence-electron chi connectivity index (χ2n) is 4.40. The predicted molar refractivity (Wildman–Crippen MR) is 70.9 cm³/mol. The van der Waals surface area contributed by atoms with Crippen molar-refractivity contribution in [1.82, 2.24) is 15.5 Å². The van der Waals surface area contributed by atoms with Crippen molar-refractivity contribution in [2.75, 3.05) is 19.0 Å². The summed E-state index contributed by atoms with van der Waals surface area (Å²) >= 11 is 0. The van der Waals surface area contributed by atoms with Gasteiger partial charge in [-0.2, -0.15) is 5.10 Å². The standard InChI is InChI=1S/C12H20N4O3/c1-8(2)14-10-7-9(15-16-10)12(18)13-6-4-5-11(17)19-3/h7-8H,4-6H2,1-3H3,(H,13,18)(H2,14,15,16). The van der Waals surface area contributed by atoms with Gasteiger partial charge in [0.1, 0.15) is 11.5 Å². The molecule has 0 unspecified atom stereocenters. The van der Waals surface area contributed by atoms with Gasteiger partial charge in [-0.3, -0.25) is 14.7 Å². The van der Waals surface area contributed by atoms with Crippen LogP contribution in [0.1, 0.15) is 37.2 Å². The summed E-state index contributed by atoms with van der Waals surface area (Å²) in [7, 11) is 1.34. The molecule has 1 amide bonds. The van der Waals surface area contributed by atoms with Crippen LogP contribution in [-0.2, 0) is 9.53 Å². The summed E-state index contributed by atoms with van der Waals surface area (Å²) < 4.78 is 4.51. The lowest BCUT2D eigenvalue weighted by Gasteiger charge is -2.04. The molecule has 0 radical (unpaired) electrons. The average Bonchev–Trinajstić information content (AvgIpc) is 2.81. The molecule has 3 N–H and O–H groups in total. The van der Waals surface area contributed by atoms with E-state index >= 15 is 0 Å². The van der Waals surface area contributed by atoms with Gasteiger partial charge in [-0.15, -0.1) is 0 Å². The Morgan fingerprint density at radius 3 is 2.84 bits per heavy atom. The number of hydrogen-bond acceptors (Lipinski definition) is 5. The van der Waals surface area contributed by atoms with Crippen molar-refractivity contribution in [3.8, 4) is 0 Å². The fraction of sp³-hybridized carbons (Fsp3) is 0.583. The van der Waals surface area contributed by atoms with E-state index in [1.807, 2.05) is 13.8 Å².